The number of aryl methyl sites for hydroxylation is 1. The van der Waals surface area contributed by atoms with Crippen LogP contribution in [0.25, 0.3) is 0 Å². The van der Waals surface area contributed by atoms with E-state index in [0.29, 0.717) is 24.3 Å². The van der Waals surface area contributed by atoms with Gasteiger partial charge in [-0.05, 0) is 56.2 Å². The van der Waals surface area contributed by atoms with Crippen LogP contribution >= 0.6 is 0 Å². The quantitative estimate of drug-likeness (QED) is 0.798. The van der Waals surface area contributed by atoms with Crippen molar-refractivity contribution in [1.29, 1.82) is 0 Å². The van der Waals surface area contributed by atoms with Crippen molar-refractivity contribution in [2.24, 2.45) is 5.92 Å². The number of phenols is 1. The van der Waals surface area contributed by atoms with Crippen molar-refractivity contribution < 1.29 is 19.8 Å². The summed E-state index contributed by atoms with van der Waals surface area (Å²) < 4.78 is 0. The van der Waals surface area contributed by atoms with Crippen molar-refractivity contribution >= 4 is 11.9 Å². The molecular weight excluding hydrogens is 270 g/mol. The third-order valence-corrected chi connectivity index (χ3v) is 4.36. The highest BCUT2D eigenvalue weighted by Crippen LogP contribution is 2.32. The van der Waals surface area contributed by atoms with E-state index in [1.54, 1.807) is 19.1 Å². The van der Waals surface area contributed by atoms with Gasteiger partial charge < -0.3 is 15.5 Å². The number of rotatable bonds is 3. The molecule has 0 spiro atoms. The van der Waals surface area contributed by atoms with E-state index >= 15 is 0 Å². The maximum atomic E-state index is 12.3. The van der Waals surface area contributed by atoms with Gasteiger partial charge in [-0.25, -0.2) is 4.79 Å². The number of carbonyl (C=O) groups is 2. The molecule has 1 aromatic rings. The number of carbonyl (C=O) groups excluding carboxylic acids is 1. The summed E-state index contributed by atoms with van der Waals surface area (Å²) in [7, 11) is 0. The van der Waals surface area contributed by atoms with Crippen LogP contribution in [0.1, 0.15) is 48.5 Å². The second kappa shape index (κ2) is 5.76. The molecule has 0 heterocycles. The summed E-state index contributed by atoms with van der Waals surface area (Å²) in [5, 5.41) is 21.8. The molecule has 114 valence electrons. The van der Waals surface area contributed by atoms with Gasteiger partial charge in [0.1, 0.15) is 11.3 Å². The predicted octanol–water partition coefficient (Wildman–Crippen LogP) is 2.46. The van der Waals surface area contributed by atoms with E-state index in [2.05, 4.69) is 12.2 Å². The lowest BCUT2D eigenvalue weighted by atomic mass is 9.77. The third-order valence-electron chi connectivity index (χ3n) is 4.36. The minimum absolute atomic E-state index is 0.0318. The lowest BCUT2D eigenvalue weighted by molar-refractivity contribution is -0.146. The third kappa shape index (κ3) is 3.17. The molecule has 5 nitrogen and oxygen atoms in total. The first kappa shape index (κ1) is 15.4. The van der Waals surface area contributed by atoms with E-state index in [0.717, 1.165) is 12.8 Å². The molecule has 0 unspecified atom stereocenters. The van der Waals surface area contributed by atoms with Crippen LogP contribution in [0, 0.1) is 12.8 Å². The van der Waals surface area contributed by atoms with Crippen LogP contribution in [0.2, 0.25) is 0 Å². The Morgan fingerprint density at radius 1 is 1.29 bits per heavy atom. The fourth-order valence-electron chi connectivity index (χ4n) is 2.69. The molecule has 1 fully saturated rings. The van der Waals surface area contributed by atoms with Gasteiger partial charge in [0, 0.05) is 5.56 Å². The topological polar surface area (TPSA) is 86.6 Å². The normalized spacial score (nSPS) is 25.3. The predicted molar refractivity (Wildman–Crippen MR) is 78.3 cm³/mol. The highest BCUT2D eigenvalue weighted by molar-refractivity contribution is 5.98. The molecule has 0 aromatic heterocycles. The molecule has 21 heavy (non-hydrogen) atoms. The zero-order chi connectivity index (χ0) is 15.6. The monoisotopic (exact) mass is 291 g/mol. The lowest BCUT2D eigenvalue weighted by Crippen LogP contribution is -2.56. The molecule has 1 aliphatic carbocycles. The van der Waals surface area contributed by atoms with Crippen molar-refractivity contribution in [2.75, 3.05) is 0 Å². The van der Waals surface area contributed by atoms with Crippen LogP contribution < -0.4 is 5.32 Å². The second-order valence-corrected chi connectivity index (χ2v) is 6.03. The van der Waals surface area contributed by atoms with Crippen LogP contribution in [0.4, 0.5) is 0 Å². The Hall–Kier alpha value is -2.04. The van der Waals surface area contributed by atoms with Gasteiger partial charge in [0.05, 0.1) is 0 Å². The molecule has 3 N–H and O–H groups in total. The van der Waals surface area contributed by atoms with Gasteiger partial charge in [-0.15, -0.1) is 0 Å². The summed E-state index contributed by atoms with van der Waals surface area (Å²) >= 11 is 0. The number of phenolic OH excluding ortho intramolecular Hbond substituents is 1. The minimum atomic E-state index is -1.19. The molecule has 0 saturated heterocycles. The van der Waals surface area contributed by atoms with Crippen molar-refractivity contribution in [3.8, 4) is 5.75 Å². The number of amides is 1. The Labute approximate surface area is 124 Å². The fourth-order valence-corrected chi connectivity index (χ4v) is 2.69. The number of hydrogen-bond donors (Lipinski definition) is 3. The average Bonchev–Trinajstić information content (AvgIpc) is 2.44. The van der Waals surface area contributed by atoms with E-state index in [-0.39, 0.29) is 11.3 Å². The van der Waals surface area contributed by atoms with Gasteiger partial charge in [-0.1, -0.05) is 13.0 Å². The molecule has 0 atom stereocenters. The molecule has 5 heteroatoms. The summed E-state index contributed by atoms with van der Waals surface area (Å²) in [5.74, 6) is -0.927. The number of aromatic hydroxyl groups is 1. The Bertz CT molecular complexity index is 559. The molecule has 1 aromatic carbocycles. The minimum Gasteiger partial charge on any atom is -0.508 e. The van der Waals surface area contributed by atoms with Gasteiger partial charge >= 0.3 is 5.97 Å². The molecular formula is C16H21NO4. The summed E-state index contributed by atoms with van der Waals surface area (Å²) in [6.07, 6.45) is 2.44. The zero-order valence-electron chi connectivity index (χ0n) is 12.3. The Kier molecular flexibility index (Phi) is 4.21. The zero-order valence-corrected chi connectivity index (χ0v) is 12.3. The number of carboxylic acid groups (broad SMARTS) is 1. The second-order valence-electron chi connectivity index (χ2n) is 6.03. The van der Waals surface area contributed by atoms with Crippen molar-refractivity contribution in [3.63, 3.8) is 0 Å². The van der Waals surface area contributed by atoms with Crippen LogP contribution in [0.5, 0.6) is 5.75 Å². The fraction of sp³-hybridized carbons (Fsp3) is 0.500. The van der Waals surface area contributed by atoms with Gasteiger partial charge in [0.2, 0.25) is 0 Å². The summed E-state index contributed by atoms with van der Waals surface area (Å²) in [6.45, 7) is 3.82. The van der Waals surface area contributed by atoms with E-state index in [4.69, 9.17) is 0 Å². The van der Waals surface area contributed by atoms with Crippen LogP contribution in [0.3, 0.4) is 0 Å². The van der Waals surface area contributed by atoms with Crippen LogP contribution in [-0.2, 0) is 4.79 Å². The molecule has 2 rings (SSSR count). The number of hydrogen-bond acceptors (Lipinski definition) is 3. The smallest absolute Gasteiger partial charge is 0.329 e. The van der Waals surface area contributed by atoms with E-state index in [9.17, 15) is 19.8 Å². The molecule has 0 bridgehead atoms. The van der Waals surface area contributed by atoms with Crippen molar-refractivity contribution in [1.82, 2.24) is 5.32 Å². The van der Waals surface area contributed by atoms with E-state index < -0.39 is 17.4 Å². The summed E-state index contributed by atoms with van der Waals surface area (Å²) in [5.41, 5.74) is -0.243. The van der Waals surface area contributed by atoms with Gasteiger partial charge in [0.15, 0.2) is 0 Å². The molecule has 1 amide bonds. The first-order valence-corrected chi connectivity index (χ1v) is 7.19. The largest absolute Gasteiger partial charge is 0.508 e. The lowest BCUT2D eigenvalue weighted by Gasteiger charge is -2.36. The number of carboxylic acids is 1. The van der Waals surface area contributed by atoms with Gasteiger partial charge in [-0.3, -0.25) is 4.79 Å². The maximum absolute atomic E-state index is 12.3. The van der Waals surface area contributed by atoms with Gasteiger partial charge in [-0.2, -0.15) is 0 Å². The molecule has 0 aliphatic heterocycles. The number of nitrogens with one attached hydrogen (secondary N) is 1. The van der Waals surface area contributed by atoms with Crippen LogP contribution in [-0.4, -0.2) is 27.6 Å². The summed E-state index contributed by atoms with van der Waals surface area (Å²) in [4.78, 5) is 23.9. The van der Waals surface area contributed by atoms with Crippen molar-refractivity contribution in [3.05, 3.63) is 29.3 Å². The summed E-state index contributed by atoms with van der Waals surface area (Å²) in [6, 6.07) is 4.59. The molecule has 0 radical (unpaired) electrons. The Balaban J connectivity index is 2.19. The van der Waals surface area contributed by atoms with E-state index in [1.165, 1.54) is 6.07 Å². The van der Waals surface area contributed by atoms with E-state index in [1.807, 2.05) is 0 Å². The van der Waals surface area contributed by atoms with Crippen molar-refractivity contribution in [2.45, 2.75) is 45.1 Å². The maximum Gasteiger partial charge on any atom is 0.329 e. The molecule has 1 aliphatic rings. The first-order valence-electron chi connectivity index (χ1n) is 7.19. The SMILES string of the molecule is Cc1ccc(C(=O)NC2(C(=O)O)CCC(C)CC2)cc1O. The number of aliphatic carboxylic acids is 1. The standard InChI is InChI=1S/C16H21NO4/c1-10-5-7-16(8-6-10,15(20)21)17-14(19)12-4-3-11(2)13(18)9-12/h3-4,9-10,18H,5-8H2,1-2H3,(H,17,19)(H,20,21). The Morgan fingerprint density at radius 3 is 2.43 bits per heavy atom. The highest BCUT2D eigenvalue weighted by atomic mass is 16.4. The van der Waals surface area contributed by atoms with Crippen LogP contribution in [0.15, 0.2) is 18.2 Å². The molecule has 1 saturated carbocycles. The highest BCUT2D eigenvalue weighted by Gasteiger charge is 2.42. The van der Waals surface area contributed by atoms with Gasteiger partial charge in [0.25, 0.3) is 5.91 Å². The first-order chi connectivity index (χ1) is 9.84. The number of benzene rings is 1. The average molecular weight is 291 g/mol. The Morgan fingerprint density at radius 2 is 1.90 bits per heavy atom.